The molecule has 0 aromatic heterocycles. The van der Waals surface area contributed by atoms with Crippen molar-refractivity contribution in [3.63, 3.8) is 0 Å². The number of sulfonamides is 1. The normalized spacial score (nSPS) is 12.5. The Bertz CT molecular complexity index is 1180. The second-order valence-corrected chi connectivity index (χ2v) is 10.8. The van der Waals surface area contributed by atoms with E-state index in [1.165, 1.54) is 4.31 Å². The monoisotopic (exact) mass is 534 g/mol. The molecule has 3 aromatic rings. The molecule has 5 nitrogen and oxygen atoms in total. The molecule has 0 radical (unpaired) electrons. The van der Waals surface area contributed by atoms with Gasteiger partial charge in [0.25, 0.3) is 0 Å². The smallest absolute Gasteiger partial charge is 0.243 e. The molecule has 0 saturated carbocycles. The van der Waals surface area contributed by atoms with Gasteiger partial charge in [0.1, 0.15) is 0 Å². The summed E-state index contributed by atoms with van der Waals surface area (Å²) >= 11 is 9.47. The van der Waals surface area contributed by atoms with Crippen LogP contribution in [0.3, 0.4) is 0 Å². The van der Waals surface area contributed by atoms with Crippen LogP contribution in [0.5, 0.6) is 0 Å². The van der Waals surface area contributed by atoms with Gasteiger partial charge in [-0.2, -0.15) is 4.31 Å². The standard InChI is InChI=1S/C24H24BrClN2O3S/c1-17-6-12-23(13-7-17)32(30,31)28(15-19-4-3-5-22(26)14-19)16-24(29)27-18(2)20-8-10-21(25)11-9-20/h3-14,18H,15-16H2,1-2H3,(H,27,29)/t18-/m1/s1. The number of nitrogens with zero attached hydrogens (tertiary/aromatic N) is 1. The Kier molecular flexibility index (Phi) is 8.11. The van der Waals surface area contributed by atoms with Crippen LogP contribution in [0.2, 0.25) is 5.02 Å². The van der Waals surface area contributed by atoms with Crippen LogP contribution in [0, 0.1) is 6.92 Å². The molecule has 1 amide bonds. The molecule has 1 N–H and O–H groups in total. The first-order valence-electron chi connectivity index (χ1n) is 10.0. The average Bonchev–Trinajstić information content (AvgIpc) is 2.74. The lowest BCUT2D eigenvalue weighted by Gasteiger charge is -2.23. The lowest BCUT2D eigenvalue weighted by molar-refractivity contribution is -0.122. The minimum Gasteiger partial charge on any atom is -0.348 e. The summed E-state index contributed by atoms with van der Waals surface area (Å²) < 4.78 is 28.9. The molecular weight excluding hydrogens is 512 g/mol. The van der Waals surface area contributed by atoms with Crippen molar-refractivity contribution >= 4 is 43.5 Å². The van der Waals surface area contributed by atoms with E-state index in [1.54, 1.807) is 48.5 Å². The van der Waals surface area contributed by atoms with Crippen LogP contribution in [0.4, 0.5) is 0 Å². The van der Waals surface area contributed by atoms with Gasteiger partial charge in [0.05, 0.1) is 17.5 Å². The molecule has 0 aliphatic carbocycles. The van der Waals surface area contributed by atoms with E-state index in [1.807, 2.05) is 38.1 Å². The quantitative estimate of drug-likeness (QED) is 0.415. The van der Waals surface area contributed by atoms with E-state index in [9.17, 15) is 13.2 Å². The van der Waals surface area contributed by atoms with Gasteiger partial charge in [0.15, 0.2) is 0 Å². The van der Waals surface area contributed by atoms with Gasteiger partial charge >= 0.3 is 0 Å². The fraction of sp³-hybridized carbons (Fsp3) is 0.208. The van der Waals surface area contributed by atoms with E-state index < -0.39 is 15.9 Å². The molecule has 3 rings (SSSR count). The topological polar surface area (TPSA) is 66.5 Å². The molecule has 0 fully saturated rings. The Morgan fingerprint density at radius 3 is 2.34 bits per heavy atom. The summed E-state index contributed by atoms with van der Waals surface area (Å²) in [6.07, 6.45) is 0. The van der Waals surface area contributed by atoms with Crippen LogP contribution in [0.1, 0.15) is 29.7 Å². The molecule has 0 spiro atoms. The highest BCUT2D eigenvalue weighted by Crippen LogP contribution is 2.21. The van der Waals surface area contributed by atoms with Crippen molar-refractivity contribution < 1.29 is 13.2 Å². The number of nitrogens with one attached hydrogen (secondary N) is 1. The lowest BCUT2D eigenvalue weighted by atomic mass is 10.1. The van der Waals surface area contributed by atoms with Crippen LogP contribution >= 0.6 is 27.5 Å². The number of amides is 1. The van der Waals surface area contributed by atoms with Crippen LogP contribution < -0.4 is 5.32 Å². The zero-order valence-corrected chi connectivity index (χ0v) is 20.9. The maximum absolute atomic E-state index is 13.4. The van der Waals surface area contributed by atoms with Crippen molar-refractivity contribution in [1.82, 2.24) is 9.62 Å². The van der Waals surface area contributed by atoms with Gasteiger partial charge in [0, 0.05) is 16.0 Å². The van der Waals surface area contributed by atoms with Gasteiger partial charge in [-0.05, 0) is 61.4 Å². The molecule has 32 heavy (non-hydrogen) atoms. The highest BCUT2D eigenvalue weighted by atomic mass is 79.9. The summed E-state index contributed by atoms with van der Waals surface area (Å²) in [7, 11) is -3.91. The summed E-state index contributed by atoms with van der Waals surface area (Å²) in [6, 6.07) is 20.9. The van der Waals surface area contributed by atoms with Gasteiger partial charge in [0.2, 0.25) is 15.9 Å². The van der Waals surface area contributed by atoms with E-state index in [-0.39, 0.29) is 24.0 Å². The third kappa shape index (κ3) is 6.42. The largest absolute Gasteiger partial charge is 0.348 e. The van der Waals surface area contributed by atoms with E-state index in [0.717, 1.165) is 15.6 Å². The van der Waals surface area contributed by atoms with E-state index in [4.69, 9.17) is 11.6 Å². The summed E-state index contributed by atoms with van der Waals surface area (Å²) in [5.74, 6) is -0.391. The predicted molar refractivity (Wildman–Crippen MR) is 131 cm³/mol. The van der Waals surface area contributed by atoms with Crippen molar-refractivity contribution in [3.05, 3.63) is 99.0 Å². The Hall–Kier alpha value is -2.19. The van der Waals surface area contributed by atoms with E-state index >= 15 is 0 Å². The van der Waals surface area contributed by atoms with Crippen molar-refractivity contribution in [1.29, 1.82) is 0 Å². The molecule has 0 aliphatic heterocycles. The summed E-state index contributed by atoms with van der Waals surface area (Å²) in [6.45, 7) is 3.45. The van der Waals surface area contributed by atoms with Gasteiger partial charge in [-0.3, -0.25) is 4.79 Å². The Morgan fingerprint density at radius 1 is 1.06 bits per heavy atom. The Labute approximate surface area is 202 Å². The summed E-state index contributed by atoms with van der Waals surface area (Å²) in [4.78, 5) is 13.0. The van der Waals surface area contributed by atoms with E-state index in [0.29, 0.717) is 10.6 Å². The SMILES string of the molecule is Cc1ccc(S(=O)(=O)N(CC(=O)N[C@H](C)c2ccc(Br)cc2)Cc2cccc(Cl)c2)cc1. The van der Waals surface area contributed by atoms with Crippen LogP contribution in [0.25, 0.3) is 0 Å². The zero-order chi connectivity index (χ0) is 23.3. The second kappa shape index (κ2) is 10.6. The van der Waals surface area contributed by atoms with Crippen LogP contribution in [-0.2, 0) is 21.4 Å². The maximum Gasteiger partial charge on any atom is 0.243 e. The van der Waals surface area contributed by atoms with Gasteiger partial charge in [-0.1, -0.05) is 69.5 Å². The van der Waals surface area contributed by atoms with Gasteiger partial charge in [-0.25, -0.2) is 8.42 Å². The van der Waals surface area contributed by atoms with Crippen molar-refractivity contribution in [2.75, 3.05) is 6.54 Å². The number of rotatable bonds is 8. The highest BCUT2D eigenvalue weighted by molar-refractivity contribution is 9.10. The number of hydrogen-bond acceptors (Lipinski definition) is 3. The molecular formula is C24H24BrClN2O3S. The highest BCUT2D eigenvalue weighted by Gasteiger charge is 2.27. The fourth-order valence-electron chi connectivity index (χ4n) is 3.21. The number of halogens is 2. The van der Waals surface area contributed by atoms with Gasteiger partial charge in [-0.15, -0.1) is 0 Å². The second-order valence-electron chi connectivity index (χ2n) is 7.56. The van der Waals surface area contributed by atoms with E-state index in [2.05, 4.69) is 21.2 Å². The Balaban J connectivity index is 1.83. The molecule has 0 saturated heterocycles. The number of carbonyl (C=O) groups excluding carboxylic acids is 1. The number of hydrogen-bond donors (Lipinski definition) is 1. The lowest BCUT2D eigenvalue weighted by Crippen LogP contribution is -2.41. The third-order valence-corrected chi connectivity index (χ3v) is 7.54. The number of carbonyl (C=O) groups is 1. The predicted octanol–water partition coefficient (Wildman–Crippen LogP) is 5.48. The minimum absolute atomic E-state index is 0.0247. The number of benzene rings is 3. The third-order valence-electron chi connectivity index (χ3n) is 4.97. The zero-order valence-electron chi connectivity index (χ0n) is 17.8. The average molecular weight is 536 g/mol. The first-order chi connectivity index (χ1) is 15.1. The van der Waals surface area contributed by atoms with Crippen LogP contribution in [-0.4, -0.2) is 25.2 Å². The van der Waals surface area contributed by atoms with Crippen molar-refractivity contribution in [3.8, 4) is 0 Å². The fourth-order valence-corrected chi connectivity index (χ4v) is 5.07. The number of aryl methyl sites for hydroxylation is 1. The first-order valence-corrected chi connectivity index (χ1v) is 12.6. The molecule has 168 valence electrons. The van der Waals surface area contributed by atoms with Crippen LogP contribution in [0.15, 0.2) is 82.2 Å². The summed E-state index contributed by atoms with van der Waals surface area (Å²) in [5.41, 5.74) is 2.57. The Morgan fingerprint density at radius 2 is 1.72 bits per heavy atom. The molecule has 3 aromatic carbocycles. The molecule has 0 heterocycles. The summed E-state index contributed by atoms with van der Waals surface area (Å²) in [5, 5.41) is 3.39. The molecule has 0 bridgehead atoms. The molecule has 0 unspecified atom stereocenters. The van der Waals surface area contributed by atoms with Crippen molar-refractivity contribution in [2.24, 2.45) is 0 Å². The first kappa shape index (κ1) is 24.5. The molecule has 8 heteroatoms. The van der Waals surface area contributed by atoms with Gasteiger partial charge < -0.3 is 5.32 Å². The van der Waals surface area contributed by atoms with Crippen molar-refractivity contribution in [2.45, 2.75) is 31.3 Å². The molecule has 1 atom stereocenters. The molecule has 0 aliphatic rings. The minimum atomic E-state index is -3.91. The maximum atomic E-state index is 13.4.